The molecule has 160 valence electrons. The predicted molar refractivity (Wildman–Crippen MR) is 118 cm³/mol. The van der Waals surface area contributed by atoms with E-state index >= 15 is 0 Å². The van der Waals surface area contributed by atoms with Crippen LogP contribution in [0.3, 0.4) is 0 Å². The van der Waals surface area contributed by atoms with Crippen molar-refractivity contribution in [2.75, 3.05) is 11.9 Å². The molecule has 0 saturated heterocycles. The first-order valence-electron chi connectivity index (χ1n) is 9.07. The first-order valence-corrected chi connectivity index (χ1v) is 10.2. The van der Waals surface area contributed by atoms with Gasteiger partial charge in [0.1, 0.15) is 0 Å². The van der Waals surface area contributed by atoms with Gasteiger partial charge in [0.2, 0.25) is 0 Å². The molecule has 1 aliphatic rings. The molecule has 32 heavy (non-hydrogen) atoms. The van der Waals surface area contributed by atoms with E-state index in [0.717, 1.165) is 6.20 Å². The maximum atomic E-state index is 13.0. The molecule has 1 amide bonds. The van der Waals surface area contributed by atoms with Gasteiger partial charge in [-0.25, -0.2) is 9.78 Å². The van der Waals surface area contributed by atoms with Crippen LogP contribution in [0.15, 0.2) is 48.7 Å². The fourth-order valence-corrected chi connectivity index (χ4v) is 3.78. The molecule has 2 aromatic carbocycles. The molecule has 0 atom stereocenters. The number of rotatable bonds is 4. The van der Waals surface area contributed by atoms with Crippen molar-refractivity contribution in [2.24, 2.45) is 0 Å². The summed E-state index contributed by atoms with van der Waals surface area (Å²) in [6, 6.07) is 11.0. The Hall–Kier alpha value is -3.26. The number of hydrogen-bond acceptors (Lipinski definition) is 6. The largest absolute Gasteiger partial charge is 0.451 e. The fraction of sp³-hybridized carbons (Fsp3) is 0.0455. The summed E-state index contributed by atoms with van der Waals surface area (Å²) < 4.78 is 4.93. The summed E-state index contributed by atoms with van der Waals surface area (Å²) >= 11 is 17.6. The van der Waals surface area contributed by atoms with Gasteiger partial charge in [-0.2, -0.15) is 0 Å². The average molecular weight is 490 g/mol. The summed E-state index contributed by atoms with van der Waals surface area (Å²) in [5, 5.41) is 2.29. The smallest absolute Gasteiger partial charge is 0.359 e. The number of esters is 1. The van der Waals surface area contributed by atoms with E-state index in [1.807, 2.05) is 0 Å². The van der Waals surface area contributed by atoms with Crippen molar-refractivity contribution in [3.05, 3.63) is 91.7 Å². The maximum Gasteiger partial charge on any atom is 0.359 e. The molecular weight excluding hydrogens is 479 g/mol. The van der Waals surface area contributed by atoms with Gasteiger partial charge in [-0.05, 0) is 6.07 Å². The number of anilines is 1. The first-order chi connectivity index (χ1) is 15.3. The second kappa shape index (κ2) is 8.70. The molecule has 0 aliphatic heterocycles. The molecule has 1 heterocycles. The van der Waals surface area contributed by atoms with Gasteiger partial charge in [0, 0.05) is 22.9 Å². The number of nitrogens with one attached hydrogen (secondary N) is 1. The minimum Gasteiger partial charge on any atom is -0.451 e. The summed E-state index contributed by atoms with van der Waals surface area (Å²) in [4.78, 5) is 54.1. The van der Waals surface area contributed by atoms with E-state index in [4.69, 9.17) is 39.5 Å². The Labute approximate surface area is 196 Å². The number of halogens is 3. The lowest BCUT2D eigenvalue weighted by molar-refractivity contribution is -0.119. The number of carbonyl (C=O) groups is 4. The number of carbonyl (C=O) groups excluding carboxylic acids is 4. The lowest BCUT2D eigenvalue weighted by atomic mass is 9.83. The SMILES string of the molecule is O=C(COC(=O)c1ncc(Cl)c(Cl)c1Cl)Nc1cccc2c1C(=O)c1ccccc1C2=O. The van der Waals surface area contributed by atoms with Crippen molar-refractivity contribution in [2.45, 2.75) is 0 Å². The van der Waals surface area contributed by atoms with Crippen LogP contribution in [0.5, 0.6) is 0 Å². The Morgan fingerprint density at radius 3 is 2.25 bits per heavy atom. The highest BCUT2D eigenvalue weighted by Crippen LogP contribution is 2.33. The van der Waals surface area contributed by atoms with Crippen LogP contribution in [-0.4, -0.2) is 35.0 Å². The van der Waals surface area contributed by atoms with Crippen LogP contribution in [0.2, 0.25) is 15.1 Å². The van der Waals surface area contributed by atoms with E-state index in [-0.39, 0.29) is 48.9 Å². The van der Waals surface area contributed by atoms with Crippen LogP contribution in [0, 0.1) is 0 Å². The summed E-state index contributed by atoms with van der Waals surface area (Å²) in [7, 11) is 0. The molecule has 1 aromatic heterocycles. The van der Waals surface area contributed by atoms with Crippen LogP contribution in [0.25, 0.3) is 0 Å². The van der Waals surface area contributed by atoms with E-state index in [2.05, 4.69) is 10.3 Å². The molecule has 0 saturated carbocycles. The standard InChI is InChI=1S/C22H11Cl3N2O5/c23-13-8-26-19(18(25)17(13)24)22(31)32-9-15(28)27-14-7-3-6-12-16(14)21(30)11-5-2-1-4-10(11)20(12)29/h1-8H,9H2,(H,27,28). The van der Waals surface area contributed by atoms with Crippen LogP contribution in [0.1, 0.15) is 42.3 Å². The molecule has 4 rings (SSSR count). The summed E-state index contributed by atoms with van der Waals surface area (Å²) in [6.45, 7) is -0.695. The Balaban J connectivity index is 1.52. The molecule has 0 spiro atoms. The van der Waals surface area contributed by atoms with Crippen LogP contribution >= 0.6 is 34.8 Å². The van der Waals surface area contributed by atoms with E-state index in [0.29, 0.717) is 5.56 Å². The van der Waals surface area contributed by atoms with Crippen LogP contribution in [0.4, 0.5) is 5.69 Å². The highest BCUT2D eigenvalue weighted by molar-refractivity contribution is 6.48. The first kappa shape index (κ1) is 22.0. The summed E-state index contributed by atoms with van der Waals surface area (Å²) in [5.74, 6) is -2.44. The van der Waals surface area contributed by atoms with Crippen molar-refractivity contribution < 1.29 is 23.9 Å². The van der Waals surface area contributed by atoms with Crippen molar-refractivity contribution >= 4 is 63.9 Å². The molecule has 0 unspecified atom stereocenters. The lowest BCUT2D eigenvalue weighted by Gasteiger charge is -2.20. The number of benzene rings is 2. The Bertz CT molecular complexity index is 1320. The van der Waals surface area contributed by atoms with Gasteiger partial charge in [0.15, 0.2) is 23.9 Å². The van der Waals surface area contributed by atoms with Crippen molar-refractivity contribution in [1.82, 2.24) is 4.98 Å². The molecule has 0 radical (unpaired) electrons. The van der Waals surface area contributed by atoms with E-state index in [9.17, 15) is 19.2 Å². The van der Waals surface area contributed by atoms with E-state index in [1.165, 1.54) is 12.1 Å². The average Bonchev–Trinajstić information content (AvgIpc) is 2.79. The van der Waals surface area contributed by atoms with E-state index in [1.54, 1.807) is 30.3 Å². The molecule has 10 heteroatoms. The number of fused-ring (bicyclic) bond motifs is 2. The number of ketones is 2. The summed E-state index contributed by atoms with van der Waals surface area (Å²) in [5.41, 5.74) is 0.623. The third-order valence-electron chi connectivity index (χ3n) is 4.67. The number of pyridine rings is 1. The number of ether oxygens (including phenoxy) is 1. The Morgan fingerprint density at radius 2 is 1.53 bits per heavy atom. The highest BCUT2D eigenvalue weighted by Gasteiger charge is 2.31. The molecule has 7 nitrogen and oxygen atoms in total. The molecule has 3 aromatic rings. The second-order valence-corrected chi connectivity index (χ2v) is 7.80. The van der Waals surface area contributed by atoms with Gasteiger partial charge < -0.3 is 10.1 Å². The third-order valence-corrected chi connectivity index (χ3v) is 5.91. The molecule has 0 bridgehead atoms. The second-order valence-electron chi connectivity index (χ2n) is 6.64. The lowest BCUT2D eigenvalue weighted by Crippen LogP contribution is -2.26. The number of aromatic nitrogens is 1. The van der Waals surface area contributed by atoms with Gasteiger partial charge >= 0.3 is 5.97 Å². The van der Waals surface area contributed by atoms with Gasteiger partial charge in [-0.1, -0.05) is 71.2 Å². The monoisotopic (exact) mass is 488 g/mol. The van der Waals surface area contributed by atoms with Crippen molar-refractivity contribution in [1.29, 1.82) is 0 Å². The van der Waals surface area contributed by atoms with Crippen molar-refractivity contribution in [3.63, 3.8) is 0 Å². The normalized spacial score (nSPS) is 12.1. The molecule has 1 N–H and O–H groups in total. The molecule has 1 aliphatic carbocycles. The van der Waals surface area contributed by atoms with Gasteiger partial charge in [0.25, 0.3) is 5.91 Å². The number of amides is 1. The van der Waals surface area contributed by atoms with Crippen molar-refractivity contribution in [3.8, 4) is 0 Å². The minimum atomic E-state index is -0.987. The Kier molecular flexibility index (Phi) is 5.97. The van der Waals surface area contributed by atoms with Crippen LogP contribution < -0.4 is 5.32 Å². The Morgan fingerprint density at radius 1 is 0.875 bits per heavy atom. The third kappa shape index (κ3) is 3.86. The van der Waals surface area contributed by atoms with Crippen LogP contribution in [-0.2, 0) is 9.53 Å². The van der Waals surface area contributed by atoms with E-state index < -0.39 is 24.3 Å². The molecular formula is C22H11Cl3N2O5. The highest BCUT2D eigenvalue weighted by atomic mass is 35.5. The number of nitrogens with zero attached hydrogens (tertiary/aromatic N) is 1. The predicted octanol–water partition coefficient (Wildman–Crippen LogP) is 4.61. The summed E-state index contributed by atoms with van der Waals surface area (Å²) in [6.07, 6.45) is 1.13. The maximum absolute atomic E-state index is 13.0. The molecule has 0 fully saturated rings. The topological polar surface area (TPSA) is 102 Å². The fourth-order valence-electron chi connectivity index (χ4n) is 3.22. The van der Waals surface area contributed by atoms with Gasteiger partial charge in [-0.15, -0.1) is 0 Å². The zero-order chi connectivity index (χ0) is 23.0. The minimum absolute atomic E-state index is 0.0561. The number of hydrogen-bond donors (Lipinski definition) is 1. The quantitative estimate of drug-likeness (QED) is 0.420. The van der Waals surface area contributed by atoms with Gasteiger partial charge in [-0.3, -0.25) is 14.4 Å². The zero-order valence-electron chi connectivity index (χ0n) is 15.9. The van der Waals surface area contributed by atoms with Gasteiger partial charge in [0.05, 0.1) is 26.3 Å². The zero-order valence-corrected chi connectivity index (χ0v) is 18.2.